The number of anilines is 3. The van der Waals surface area contributed by atoms with Crippen molar-refractivity contribution in [2.24, 2.45) is 0 Å². The number of benzene rings is 8. The Morgan fingerprint density at radius 3 is 1.95 bits per heavy atom. The minimum atomic E-state index is -0.121. The zero-order valence-corrected chi connectivity index (χ0v) is 31.0. The van der Waals surface area contributed by atoms with Gasteiger partial charge in [0.15, 0.2) is 5.58 Å². The predicted octanol–water partition coefficient (Wildman–Crippen LogP) is 14.1. The first kappa shape index (κ1) is 31.2. The highest BCUT2D eigenvalue weighted by Gasteiger charge is 2.36. The second-order valence-electron chi connectivity index (χ2n) is 15.6. The van der Waals surface area contributed by atoms with Crippen LogP contribution in [0.3, 0.4) is 0 Å². The number of para-hydroxylation sites is 1. The van der Waals surface area contributed by atoms with Crippen LogP contribution in [-0.4, -0.2) is 9.38 Å². The number of nitrogens with zero attached hydrogens (tertiary/aromatic N) is 3. The van der Waals surface area contributed by atoms with Crippen molar-refractivity contribution in [3.8, 4) is 33.7 Å². The van der Waals surface area contributed by atoms with E-state index in [0.717, 1.165) is 55.7 Å². The molecular formula is C52H35N3O. The highest BCUT2D eigenvalue weighted by atomic mass is 16.3. The number of aromatic nitrogens is 2. The van der Waals surface area contributed by atoms with Crippen LogP contribution in [0, 0.1) is 0 Å². The van der Waals surface area contributed by atoms with Gasteiger partial charge in [-0.1, -0.05) is 123 Å². The van der Waals surface area contributed by atoms with Crippen LogP contribution in [0.2, 0.25) is 0 Å². The van der Waals surface area contributed by atoms with E-state index in [1.54, 1.807) is 0 Å². The Labute approximate surface area is 323 Å². The molecule has 12 rings (SSSR count). The first-order valence-corrected chi connectivity index (χ1v) is 19.3. The van der Waals surface area contributed by atoms with Gasteiger partial charge in [-0.05, 0) is 100 Å². The average molecular weight is 718 g/mol. The van der Waals surface area contributed by atoms with Crippen LogP contribution in [-0.2, 0) is 5.41 Å². The molecule has 1 aliphatic rings. The van der Waals surface area contributed by atoms with Crippen LogP contribution >= 0.6 is 0 Å². The van der Waals surface area contributed by atoms with Crippen LogP contribution in [0.5, 0.6) is 0 Å². The van der Waals surface area contributed by atoms with Crippen molar-refractivity contribution in [3.05, 3.63) is 187 Å². The number of fused-ring (bicyclic) bond motifs is 11. The van der Waals surface area contributed by atoms with Gasteiger partial charge in [0.05, 0.1) is 21.9 Å². The zero-order valence-electron chi connectivity index (χ0n) is 31.0. The molecule has 0 unspecified atom stereocenters. The maximum atomic E-state index is 6.63. The molecule has 4 heteroatoms. The maximum Gasteiger partial charge on any atom is 0.227 e. The van der Waals surface area contributed by atoms with Crippen LogP contribution in [0.15, 0.2) is 180 Å². The molecule has 0 atom stereocenters. The Morgan fingerprint density at radius 2 is 1.12 bits per heavy atom. The third-order valence-electron chi connectivity index (χ3n) is 12.1. The van der Waals surface area contributed by atoms with E-state index < -0.39 is 0 Å². The normalized spacial score (nSPS) is 13.3. The van der Waals surface area contributed by atoms with Crippen LogP contribution < -0.4 is 4.90 Å². The fourth-order valence-corrected chi connectivity index (χ4v) is 9.48. The second kappa shape index (κ2) is 11.4. The molecule has 0 saturated heterocycles. The second-order valence-corrected chi connectivity index (χ2v) is 15.6. The fourth-order valence-electron chi connectivity index (χ4n) is 9.48. The summed E-state index contributed by atoms with van der Waals surface area (Å²) in [5.41, 5.74) is 17.1. The summed E-state index contributed by atoms with van der Waals surface area (Å²) in [5, 5.41) is 4.62. The van der Waals surface area contributed by atoms with Crippen molar-refractivity contribution < 1.29 is 4.42 Å². The Bertz CT molecular complexity index is 3320. The van der Waals surface area contributed by atoms with Gasteiger partial charge < -0.3 is 13.7 Å². The monoisotopic (exact) mass is 717 g/mol. The van der Waals surface area contributed by atoms with E-state index in [1.165, 1.54) is 49.5 Å². The molecule has 0 N–H and O–H groups in total. The van der Waals surface area contributed by atoms with Gasteiger partial charge in [-0.25, -0.2) is 4.98 Å². The van der Waals surface area contributed by atoms with E-state index in [-0.39, 0.29) is 5.41 Å². The molecule has 0 aliphatic heterocycles. The van der Waals surface area contributed by atoms with Gasteiger partial charge in [0.1, 0.15) is 5.52 Å². The molecule has 11 aromatic rings. The van der Waals surface area contributed by atoms with Crippen LogP contribution in [0.25, 0.3) is 82.9 Å². The number of hydrogen-bond acceptors (Lipinski definition) is 3. The van der Waals surface area contributed by atoms with E-state index in [9.17, 15) is 0 Å². The summed E-state index contributed by atoms with van der Waals surface area (Å²) in [4.78, 5) is 7.50. The quantitative estimate of drug-likeness (QED) is 0.178. The predicted molar refractivity (Wildman–Crippen MR) is 232 cm³/mol. The van der Waals surface area contributed by atoms with Crippen LogP contribution in [0.4, 0.5) is 17.1 Å². The molecule has 0 amide bonds. The number of oxazole rings is 1. The molecule has 0 spiro atoms. The minimum absolute atomic E-state index is 0.121. The first-order valence-electron chi connectivity index (χ1n) is 19.3. The van der Waals surface area contributed by atoms with E-state index >= 15 is 0 Å². The largest absolute Gasteiger partial charge is 0.435 e. The van der Waals surface area contributed by atoms with Gasteiger partial charge in [0, 0.05) is 44.2 Å². The van der Waals surface area contributed by atoms with Gasteiger partial charge in [-0.3, -0.25) is 0 Å². The van der Waals surface area contributed by atoms with Crippen molar-refractivity contribution >= 4 is 66.3 Å². The summed E-state index contributed by atoms with van der Waals surface area (Å²) in [7, 11) is 0. The third kappa shape index (κ3) is 4.32. The lowest BCUT2D eigenvalue weighted by Crippen LogP contribution is -2.16. The molecule has 264 valence electrons. The lowest BCUT2D eigenvalue weighted by Gasteiger charge is -2.28. The summed E-state index contributed by atoms with van der Waals surface area (Å²) in [6.45, 7) is 4.70. The van der Waals surface area contributed by atoms with Crippen molar-refractivity contribution in [1.82, 2.24) is 9.38 Å². The summed E-state index contributed by atoms with van der Waals surface area (Å²) in [6.07, 6.45) is 0. The van der Waals surface area contributed by atoms with Crippen molar-refractivity contribution in [1.29, 1.82) is 0 Å². The van der Waals surface area contributed by atoms with Crippen molar-refractivity contribution in [2.75, 3.05) is 4.90 Å². The number of rotatable bonds is 5. The molecule has 56 heavy (non-hydrogen) atoms. The zero-order chi connectivity index (χ0) is 37.1. The van der Waals surface area contributed by atoms with E-state index in [1.807, 2.05) is 18.2 Å². The lowest BCUT2D eigenvalue weighted by molar-refractivity contribution is 0.623. The Morgan fingerprint density at radius 1 is 0.500 bits per heavy atom. The Kier molecular flexibility index (Phi) is 6.37. The van der Waals surface area contributed by atoms with Gasteiger partial charge in [0.25, 0.3) is 0 Å². The van der Waals surface area contributed by atoms with Gasteiger partial charge >= 0.3 is 0 Å². The summed E-state index contributed by atoms with van der Waals surface area (Å²) < 4.78 is 9.05. The number of hydrogen-bond donors (Lipinski definition) is 0. The molecule has 0 saturated carbocycles. The molecule has 0 fully saturated rings. The van der Waals surface area contributed by atoms with E-state index in [2.05, 4.69) is 181 Å². The molecule has 3 heterocycles. The Balaban J connectivity index is 1.10. The SMILES string of the molecule is CC1(C)c2ccccc2-c2ccc(N(c3ccc(-c4ccccc4)cc3)c3ccc4c(c3)c3cc5nc(-c6ccccc6)oc5c5c6ccccc6n4c35)cc21. The molecule has 8 aromatic carbocycles. The summed E-state index contributed by atoms with van der Waals surface area (Å²) in [6, 6.07) is 63.5. The summed E-state index contributed by atoms with van der Waals surface area (Å²) in [5.74, 6) is 0.636. The first-order chi connectivity index (χ1) is 27.5. The third-order valence-corrected chi connectivity index (χ3v) is 12.1. The van der Waals surface area contributed by atoms with E-state index in [0.29, 0.717) is 5.89 Å². The molecule has 0 bridgehead atoms. The maximum absolute atomic E-state index is 6.63. The molecule has 4 nitrogen and oxygen atoms in total. The molecule has 1 aliphatic carbocycles. The average Bonchev–Trinajstić information content (AvgIpc) is 3.98. The molecular weight excluding hydrogens is 683 g/mol. The smallest absolute Gasteiger partial charge is 0.227 e. The standard InChI is InChI=1S/C52H35N3O/c1-52(2)43-19-11-9-17-38(43)39-27-25-37(30-44(39)52)54(35-23-21-33(22-24-35)32-13-5-3-6-14-32)36-26-28-47-41(29-36)42-31-45-50(56-51(53-45)34-15-7-4-8-16-34)48-40-18-10-12-20-46(40)55(47)49(42)48/h3-31H,1-2H3. The fraction of sp³-hybridized carbons (Fsp3) is 0.0577. The van der Waals surface area contributed by atoms with E-state index in [4.69, 9.17) is 9.40 Å². The van der Waals surface area contributed by atoms with Gasteiger partial charge in [0.2, 0.25) is 5.89 Å². The lowest BCUT2D eigenvalue weighted by atomic mass is 9.82. The molecule has 0 radical (unpaired) electrons. The van der Waals surface area contributed by atoms with Crippen LogP contribution in [0.1, 0.15) is 25.0 Å². The minimum Gasteiger partial charge on any atom is -0.435 e. The summed E-state index contributed by atoms with van der Waals surface area (Å²) >= 11 is 0. The topological polar surface area (TPSA) is 33.7 Å². The van der Waals surface area contributed by atoms with Crippen molar-refractivity contribution in [2.45, 2.75) is 19.3 Å². The van der Waals surface area contributed by atoms with Gasteiger partial charge in [-0.15, -0.1) is 0 Å². The Hall–Kier alpha value is -7.17. The van der Waals surface area contributed by atoms with Gasteiger partial charge in [-0.2, -0.15) is 0 Å². The van der Waals surface area contributed by atoms with Crippen molar-refractivity contribution in [3.63, 3.8) is 0 Å². The highest BCUT2D eigenvalue weighted by Crippen LogP contribution is 2.51. The highest BCUT2D eigenvalue weighted by molar-refractivity contribution is 6.30. The molecule has 3 aromatic heterocycles.